The second-order valence-corrected chi connectivity index (χ2v) is 5.16. The minimum atomic E-state index is -0.0585. The molecular formula is C16H13Cl2NO. The van der Waals surface area contributed by atoms with Gasteiger partial charge in [0.25, 0.3) is 0 Å². The monoisotopic (exact) mass is 305 g/mol. The Kier molecular flexibility index (Phi) is 4.83. The van der Waals surface area contributed by atoms with E-state index in [0.717, 1.165) is 5.56 Å². The van der Waals surface area contributed by atoms with Gasteiger partial charge in [0.15, 0.2) is 5.78 Å². The Morgan fingerprint density at radius 1 is 1.05 bits per heavy atom. The number of hydrogen-bond acceptors (Lipinski definition) is 2. The Labute approximate surface area is 127 Å². The van der Waals surface area contributed by atoms with Gasteiger partial charge in [0.05, 0.1) is 0 Å². The molecule has 2 aromatic rings. The van der Waals surface area contributed by atoms with Gasteiger partial charge in [-0.15, -0.1) is 0 Å². The summed E-state index contributed by atoms with van der Waals surface area (Å²) in [6, 6.07) is 12.5. The molecule has 0 aliphatic heterocycles. The third-order valence-corrected chi connectivity index (χ3v) is 3.52. The Hall–Kier alpha value is -1.77. The van der Waals surface area contributed by atoms with Crippen molar-refractivity contribution >= 4 is 40.7 Å². The average molecular weight is 306 g/mol. The molecule has 2 aromatic carbocycles. The molecule has 0 heterocycles. The zero-order valence-electron chi connectivity index (χ0n) is 10.6. The summed E-state index contributed by atoms with van der Waals surface area (Å²) < 4.78 is 0. The lowest BCUT2D eigenvalue weighted by atomic mass is 10.1. The molecule has 0 aliphatic carbocycles. The highest BCUT2D eigenvalue weighted by Gasteiger charge is 2.08. The molecule has 4 heteroatoms. The maximum atomic E-state index is 11.9. The van der Waals surface area contributed by atoms with Crippen molar-refractivity contribution in [2.45, 2.75) is 6.42 Å². The molecule has 0 bridgehead atoms. The first-order valence-electron chi connectivity index (χ1n) is 6.05. The molecule has 0 fully saturated rings. The number of carbonyl (C=O) groups is 1. The molecule has 102 valence electrons. The summed E-state index contributed by atoms with van der Waals surface area (Å²) in [5.41, 5.74) is 7.86. The van der Waals surface area contributed by atoms with E-state index in [9.17, 15) is 4.79 Å². The third-order valence-electron chi connectivity index (χ3n) is 2.81. The van der Waals surface area contributed by atoms with Crippen LogP contribution in [0.15, 0.2) is 48.5 Å². The van der Waals surface area contributed by atoms with Crippen LogP contribution in [0.25, 0.3) is 6.08 Å². The topological polar surface area (TPSA) is 43.1 Å². The van der Waals surface area contributed by atoms with Crippen molar-refractivity contribution in [3.05, 3.63) is 69.7 Å². The number of nitrogens with two attached hydrogens (primary N) is 1. The van der Waals surface area contributed by atoms with Gasteiger partial charge in [-0.25, -0.2) is 0 Å². The Balaban J connectivity index is 2.07. The maximum absolute atomic E-state index is 11.9. The van der Waals surface area contributed by atoms with Gasteiger partial charge in [-0.05, 0) is 41.5 Å². The average Bonchev–Trinajstić information content (AvgIpc) is 2.42. The number of rotatable bonds is 4. The number of allylic oxidation sites excluding steroid dienone is 1. The summed E-state index contributed by atoms with van der Waals surface area (Å²) in [6.45, 7) is 0. The summed E-state index contributed by atoms with van der Waals surface area (Å²) in [7, 11) is 0. The largest absolute Gasteiger partial charge is 0.399 e. The number of anilines is 1. The zero-order valence-corrected chi connectivity index (χ0v) is 12.2. The van der Waals surface area contributed by atoms with Crippen LogP contribution in [-0.4, -0.2) is 5.78 Å². The van der Waals surface area contributed by atoms with Crippen LogP contribution in [0, 0.1) is 0 Å². The number of ketones is 1. The Bertz CT molecular complexity index is 628. The molecule has 0 radical (unpaired) electrons. The SMILES string of the molecule is Nc1ccc(/C=C/C(=O)Cc2c(Cl)cccc2Cl)cc1. The van der Waals surface area contributed by atoms with E-state index in [1.807, 2.05) is 12.1 Å². The van der Waals surface area contributed by atoms with Gasteiger partial charge in [0.2, 0.25) is 0 Å². The van der Waals surface area contributed by atoms with Crippen LogP contribution < -0.4 is 5.73 Å². The molecular weight excluding hydrogens is 293 g/mol. The fourth-order valence-corrected chi connectivity index (χ4v) is 2.26. The molecule has 0 atom stereocenters. The molecule has 2 nitrogen and oxygen atoms in total. The van der Waals surface area contributed by atoms with Crippen molar-refractivity contribution in [1.82, 2.24) is 0 Å². The molecule has 0 aliphatic rings. The normalized spacial score (nSPS) is 10.9. The van der Waals surface area contributed by atoms with Crippen LogP contribution in [0.1, 0.15) is 11.1 Å². The minimum Gasteiger partial charge on any atom is -0.399 e. The lowest BCUT2D eigenvalue weighted by Gasteiger charge is -2.04. The lowest BCUT2D eigenvalue weighted by molar-refractivity contribution is -0.113. The van der Waals surface area contributed by atoms with Crippen molar-refractivity contribution in [1.29, 1.82) is 0 Å². The second kappa shape index (κ2) is 6.60. The highest BCUT2D eigenvalue weighted by Crippen LogP contribution is 2.25. The molecule has 0 amide bonds. The molecule has 20 heavy (non-hydrogen) atoms. The lowest BCUT2D eigenvalue weighted by Crippen LogP contribution is -2.00. The van der Waals surface area contributed by atoms with Crippen molar-refractivity contribution in [3.63, 3.8) is 0 Å². The smallest absolute Gasteiger partial charge is 0.160 e. The van der Waals surface area contributed by atoms with Crippen molar-refractivity contribution in [3.8, 4) is 0 Å². The van der Waals surface area contributed by atoms with Crippen LogP contribution in [0.4, 0.5) is 5.69 Å². The fraction of sp³-hybridized carbons (Fsp3) is 0.0625. The quantitative estimate of drug-likeness (QED) is 0.672. The van der Waals surface area contributed by atoms with E-state index < -0.39 is 0 Å². The number of hydrogen-bond donors (Lipinski definition) is 1. The summed E-state index contributed by atoms with van der Waals surface area (Å²) in [6.07, 6.45) is 3.45. The first kappa shape index (κ1) is 14.6. The first-order chi connectivity index (χ1) is 9.56. The van der Waals surface area contributed by atoms with E-state index in [2.05, 4.69) is 0 Å². The molecule has 0 saturated carbocycles. The summed E-state index contributed by atoms with van der Waals surface area (Å²) in [5.74, 6) is -0.0585. The van der Waals surface area contributed by atoms with Crippen molar-refractivity contribution in [2.75, 3.05) is 5.73 Å². The Morgan fingerprint density at radius 2 is 1.65 bits per heavy atom. The summed E-state index contributed by atoms with van der Waals surface area (Å²) in [4.78, 5) is 11.9. The number of nitrogen functional groups attached to an aromatic ring is 1. The maximum Gasteiger partial charge on any atom is 0.160 e. The van der Waals surface area contributed by atoms with E-state index in [-0.39, 0.29) is 12.2 Å². The standard InChI is InChI=1S/C16H13Cl2NO/c17-15-2-1-3-16(18)14(15)10-13(20)9-6-11-4-7-12(19)8-5-11/h1-9H,10,19H2/b9-6+. The van der Waals surface area contributed by atoms with Gasteiger partial charge in [0.1, 0.15) is 0 Å². The molecule has 0 aromatic heterocycles. The number of carbonyl (C=O) groups excluding carboxylic acids is 1. The number of benzene rings is 2. The second-order valence-electron chi connectivity index (χ2n) is 4.34. The van der Waals surface area contributed by atoms with Gasteiger partial charge < -0.3 is 5.73 Å². The van der Waals surface area contributed by atoms with Gasteiger partial charge in [-0.2, -0.15) is 0 Å². The highest BCUT2D eigenvalue weighted by atomic mass is 35.5. The van der Waals surface area contributed by atoms with E-state index in [0.29, 0.717) is 21.3 Å². The van der Waals surface area contributed by atoms with Gasteiger partial charge >= 0.3 is 0 Å². The van der Waals surface area contributed by atoms with Crippen LogP contribution in [0.3, 0.4) is 0 Å². The van der Waals surface area contributed by atoms with Gasteiger partial charge in [0, 0.05) is 22.2 Å². The predicted octanol–water partition coefficient (Wildman–Crippen LogP) is 4.40. The third kappa shape index (κ3) is 3.86. The zero-order chi connectivity index (χ0) is 14.5. The van der Waals surface area contributed by atoms with E-state index in [1.165, 1.54) is 6.08 Å². The van der Waals surface area contributed by atoms with E-state index >= 15 is 0 Å². The van der Waals surface area contributed by atoms with Crippen molar-refractivity contribution in [2.24, 2.45) is 0 Å². The van der Waals surface area contributed by atoms with E-state index in [1.54, 1.807) is 36.4 Å². The number of halogens is 2. The van der Waals surface area contributed by atoms with Gasteiger partial charge in [-0.1, -0.05) is 47.5 Å². The minimum absolute atomic E-state index is 0.0585. The van der Waals surface area contributed by atoms with Crippen LogP contribution in [0.2, 0.25) is 10.0 Å². The molecule has 0 unspecified atom stereocenters. The summed E-state index contributed by atoms with van der Waals surface area (Å²) >= 11 is 12.1. The van der Waals surface area contributed by atoms with E-state index in [4.69, 9.17) is 28.9 Å². The molecule has 0 saturated heterocycles. The predicted molar refractivity (Wildman–Crippen MR) is 85.1 cm³/mol. The molecule has 2 rings (SSSR count). The van der Waals surface area contributed by atoms with Crippen LogP contribution in [-0.2, 0) is 11.2 Å². The Morgan fingerprint density at radius 3 is 2.25 bits per heavy atom. The summed E-state index contributed by atoms with van der Waals surface area (Å²) in [5, 5.41) is 1.01. The first-order valence-corrected chi connectivity index (χ1v) is 6.81. The highest BCUT2D eigenvalue weighted by molar-refractivity contribution is 6.36. The van der Waals surface area contributed by atoms with Gasteiger partial charge in [-0.3, -0.25) is 4.79 Å². The fourth-order valence-electron chi connectivity index (χ4n) is 1.73. The van der Waals surface area contributed by atoms with Crippen molar-refractivity contribution < 1.29 is 4.79 Å². The molecule has 2 N–H and O–H groups in total. The van der Waals surface area contributed by atoms with Crippen LogP contribution in [0.5, 0.6) is 0 Å². The van der Waals surface area contributed by atoms with Crippen LogP contribution >= 0.6 is 23.2 Å². The molecule has 0 spiro atoms.